The summed E-state index contributed by atoms with van der Waals surface area (Å²) < 4.78 is 44.1. The lowest BCUT2D eigenvalue weighted by Gasteiger charge is -2.26. The van der Waals surface area contributed by atoms with Crippen LogP contribution in [0.15, 0.2) is 42.6 Å². The third-order valence-corrected chi connectivity index (χ3v) is 5.01. The van der Waals surface area contributed by atoms with E-state index < -0.39 is 11.7 Å². The Morgan fingerprint density at radius 3 is 2.59 bits per heavy atom. The number of aryl methyl sites for hydroxylation is 1. The fraction of sp³-hybridized carbons (Fsp3) is 0.348. The lowest BCUT2D eigenvalue weighted by molar-refractivity contribution is -0.137. The molecule has 0 aliphatic heterocycles. The number of carbonyl (C=O) groups is 1. The van der Waals surface area contributed by atoms with Crippen molar-refractivity contribution in [3.8, 4) is 0 Å². The number of rotatable bonds is 7. The highest BCUT2D eigenvalue weighted by Gasteiger charge is 2.31. The van der Waals surface area contributed by atoms with Crippen LogP contribution in [-0.4, -0.2) is 40.0 Å². The number of benzene rings is 1. The number of nitrogens with zero attached hydrogens (tertiary/aromatic N) is 3. The van der Waals surface area contributed by atoms with Gasteiger partial charge in [0, 0.05) is 30.3 Å². The Bertz CT molecular complexity index is 1100. The molecular formula is C23H25F3N4O2. The smallest absolute Gasteiger partial charge is 0.383 e. The summed E-state index contributed by atoms with van der Waals surface area (Å²) >= 11 is 0. The predicted molar refractivity (Wildman–Crippen MR) is 116 cm³/mol. The lowest BCUT2D eigenvalue weighted by atomic mass is 10.1. The zero-order valence-corrected chi connectivity index (χ0v) is 18.1. The number of aromatic nitrogens is 2. The van der Waals surface area contributed by atoms with Crippen molar-refractivity contribution in [1.82, 2.24) is 14.9 Å². The van der Waals surface area contributed by atoms with Crippen LogP contribution in [0.5, 0.6) is 0 Å². The van der Waals surface area contributed by atoms with Gasteiger partial charge in [-0.15, -0.1) is 0 Å². The van der Waals surface area contributed by atoms with Gasteiger partial charge in [0.15, 0.2) is 0 Å². The maximum atomic E-state index is 13.3. The number of hydrogen-bond donors (Lipinski definition) is 1. The topological polar surface area (TPSA) is 81.3 Å². The fourth-order valence-corrected chi connectivity index (χ4v) is 3.36. The summed E-state index contributed by atoms with van der Waals surface area (Å²) in [6.45, 7) is 6.30. The lowest BCUT2D eigenvalue weighted by Crippen LogP contribution is -2.37. The molecule has 2 aromatic heterocycles. The van der Waals surface area contributed by atoms with Crippen LogP contribution < -0.4 is 5.73 Å². The minimum absolute atomic E-state index is 0.0471. The number of fused-ring (bicyclic) bond motifs is 1. The van der Waals surface area contributed by atoms with Crippen molar-refractivity contribution in [2.45, 2.75) is 39.6 Å². The maximum absolute atomic E-state index is 13.3. The first kappa shape index (κ1) is 23.5. The first-order valence-corrected chi connectivity index (χ1v) is 10.2. The van der Waals surface area contributed by atoms with Crippen molar-refractivity contribution < 1.29 is 22.7 Å². The monoisotopic (exact) mass is 446 g/mol. The Kier molecular flexibility index (Phi) is 6.98. The number of nitrogen functional groups attached to an aromatic ring is 1. The molecule has 1 atom stereocenters. The van der Waals surface area contributed by atoms with E-state index in [4.69, 9.17) is 10.5 Å². The van der Waals surface area contributed by atoms with Gasteiger partial charge >= 0.3 is 6.18 Å². The second-order valence-corrected chi connectivity index (χ2v) is 7.59. The minimum Gasteiger partial charge on any atom is -0.383 e. The van der Waals surface area contributed by atoms with Gasteiger partial charge in [-0.1, -0.05) is 0 Å². The Morgan fingerprint density at radius 1 is 1.22 bits per heavy atom. The maximum Gasteiger partial charge on any atom is 0.417 e. The van der Waals surface area contributed by atoms with Crippen LogP contribution in [0.4, 0.5) is 19.0 Å². The molecule has 0 aliphatic carbocycles. The first-order chi connectivity index (χ1) is 15.1. The van der Waals surface area contributed by atoms with E-state index in [1.165, 1.54) is 11.0 Å². The average molecular weight is 446 g/mol. The Hall–Kier alpha value is -3.20. The standard InChI is InChI=1S/C23H25F3N4O2/c1-4-32-15(3)12-30(13-19-7-6-18(11-28-19)23(24,25)26)22(31)16-5-8-20-17(10-16)9-14(2)21(27)29-20/h5-11,15H,4,12-13H2,1-3H3,(H2,27,29). The van der Waals surface area contributed by atoms with Gasteiger partial charge in [0.2, 0.25) is 0 Å². The van der Waals surface area contributed by atoms with Crippen LogP contribution in [0.3, 0.4) is 0 Å². The Balaban J connectivity index is 1.89. The summed E-state index contributed by atoms with van der Waals surface area (Å²) in [6.07, 6.45) is -3.95. The van der Waals surface area contributed by atoms with E-state index in [0.29, 0.717) is 29.2 Å². The highest BCUT2D eigenvalue weighted by molar-refractivity contribution is 5.98. The van der Waals surface area contributed by atoms with Crippen LogP contribution in [-0.2, 0) is 17.5 Å². The third kappa shape index (κ3) is 5.53. The number of halogens is 3. The number of hydrogen-bond acceptors (Lipinski definition) is 5. The zero-order valence-electron chi connectivity index (χ0n) is 18.1. The van der Waals surface area contributed by atoms with Crippen LogP contribution >= 0.6 is 0 Å². The highest BCUT2D eigenvalue weighted by Crippen LogP contribution is 2.28. The van der Waals surface area contributed by atoms with E-state index in [9.17, 15) is 18.0 Å². The zero-order chi connectivity index (χ0) is 23.5. The molecule has 0 fully saturated rings. The highest BCUT2D eigenvalue weighted by atomic mass is 19.4. The van der Waals surface area contributed by atoms with Crippen molar-refractivity contribution >= 4 is 22.6 Å². The molecule has 9 heteroatoms. The van der Waals surface area contributed by atoms with Gasteiger partial charge in [-0.3, -0.25) is 9.78 Å². The van der Waals surface area contributed by atoms with Gasteiger partial charge in [0.25, 0.3) is 5.91 Å². The molecule has 1 amide bonds. The van der Waals surface area contributed by atoms with E-state index in [0.717, 1.165) is 23.2 Å². The normalized spacial score (nSPS) is 12.7. The number of ether oxygens (including phenoxy) is 1. The summed E-state index contributed by atoms with van der Waals surface area (Å²) in [4.78, 5) is 23.1. The molecule has 3 rings (SSSR count). The number of pyridine rings is 2. The summed E-state index contributed by atoms with van der Waals surface area (Å²) in [6, 6.07) is 9.22. The second-order valence-electron chi connectivity index (χ2n) is 7.59. The Labute approximate surface area is 184 Å². The number of amides is 1. The molecule has 1 unspecified atom stereocenters. The van der Waals surface area contributed by atoms with Gasteiger partial charge < -0.3 is 15.4 Å². The molecule has 0 spiro atoms. The van der Waals surface area contributed by atoms with Gasteiger partial charge in [0.1, 0.15) is 5.82 Å². The van der Waals surface area contributed by atoms with E-state index in [-0.39, 0.29) is 25.1 Å². The van der Waals surface area contributed by atoms with Crippen molar-refractivity contribution in [3.05, 3.63) is 65.0 Å². The molecule has 3 aromatic rings. The van der Waals surface area contributed by atoms with Gasteiger partial charge in [0.05, 0.1) is 29.4 Å². The molecule has 6 nitrogen and oxygen atoms in total. The van der Waals surface area contributed by atoms with Crippen LogP contribution in [0.1, 0.15) is 41.0 Å². The summed E-state index contributed by atoms with van der Waals surface area (Å²) in [5, 5.41) is 0.771. The van der Waals surface area contributed by atoms with Crippen LogP contribution in [0, 0.1) is 6.92 Å². The molecule has 170 valence electrons. The number of alkyl halides is 3. The summed E-state index contributed by atoms with van der Waals surface area (Å²) in [5.74, 6) is 0.145. The molecule has 0 aliphatic rings. The van der Waals surface area contributed by atoms with Crippen LogP contribution in [0.2, 0.25) is 0 Å². The van der Waals surface area contributed by atoms with Gasteiger partial charge in [-0.25, -0.2) is 4.98 Å². The third-order valence-electron chi connectivity index (χ3n) is 5.01. The van der Waals surface area contributed by atoms with E-state index in [1.807, 2.05) is 26.8 Å². The molecular weight excluding hydrogens is 421 g/mol. The largest absolute Gasteiger partial charge is 0.417 e. The molecule has 1 aromatic carbocycles. The molecule has 0 saturated heterocycles. The SMILES string of the molecule is CCOC(C)CN(Cc1ccc(C(F)(F)F)cn1)C(=O)c1ccc2nc(N)c(C)cc2c1. The molecule has 2 heterocycles. The summed E-state index contributed by atoms with van der Waals surface area (Å²) in [5.41, 5.74) is 7.28. The number of nitrogens with two attached hydrogens (primary N) is 1. The van der Waals surface area contributed by atoms with Crippen LogP contribution in [0.25, 0.3) is 10.9 Å². The van der Waals surface area contributed by atoms with E-state index in [1.54, 1.807) is 18.2 Å². The van der Waals surface area contributed by atoms with Crippen molar-refractivity contribution in [1.29, 1.82) is 0 Å². The molecule has 0 saturated carbocycles. The van der Waals surface area contributed by atoms with E-state index in [2.05, 4.69) is 9.97 Å². The van der Waals surface area contributed by atoms with Crippen molar-refractivity contribution in [3.63, 3.8) is 0 Å². The first-order valence-electron chi connectivity index (χ1n) is 10.2. The molecule has 2 N–H and O–H groups in total. The quantitative estimate of drug-likeness (QED) is 0.573. The summed E-state index contributed by atoms with van der Waals surface area (Å²) in [7, 11) is 0. The Morgan fingerprint density at radius 2 is 1.97 bits per heavy atom. The van der Waals surface area contributed by atoms with Crippen molar-refractivity contribution in [2.24, 2.45) is 0 Å². The molecule has 0 radical (unpaired) electrons. The predicted octanol–water partition coefficient (Wildman–Crippen LogP) is 4.61. The minimum atomic E-state index is -4.47. The molecule has 32 heavy (non-hydrogen) atoms. The van der Waals surface area contributed by atoms with Crippen molar-refractivity contribution in [2.75, 3.05) is 18.9 Å². The second kappa shape index (κ2) is 9.52. The average Bonchev–Trinajstić information content (AvgIpc) is 2.73. The molecule has 0 bridgehead atoms. The fourth-order valence-electron chi connectivity index (χ4n) is 3.36. The number of carbonyl (C=O) groups excluding carboxylic acids is 1. The number of anilines is 1. The van der Waals surface area contributed by atoms with Gasteiger partial charge in [-0.05, 0) is 62.7 Å². The van der Waals surface area contributed by atoms with E-state index >= 15 is 0 Å². The van der Waals surface area contributed by atoms with Gasteiger partial charge in [-0.2, -0.15) is 13.2 Å².